The molecule has 0 aliphatic rings. The van der Waals surface area contributed by atoms with Gasteiger partial charge in [-0.25, -0.2) is 14.4 Å². The van der Waals surface area contributed by atoms with Gasteiger partial charge in [-0.15, -0.1) is 0 Å². The second-order valence-corrected chi connectivity index (χ2v) is 3.86. The number of rotatable bonds is 4. The number of aromatic nitrogens is 2. The maximum atomic E-state index is 13.2. The van der Waals surface area contributed by atoms with Gasteiger partial charge in [0.25, 0.3) is 0 Å². The van der Waals surface area contributed by atoms with Crippen LogP contribution in [0.2, 0.25) is 0 Å². The predicted octanol–water partition coefficient (Wildman–Crippen LogP) is 2.18. The summed E-state index contributed by atoms with van der Waals surface area (Å²) in [4.78, 5) is 18.0. The lowest BCUT2D eigenvalue weighted by atomic mass is 10.2. The summed E-state index contributed by atoms with van der Waals surface area (Å²) >= 11 is 0. The second kappa shape index (κ2) is 5.79. The fourth-order valence-electron chi connectivity index (χ4n) is 1.65. The number of nitriles is 1. The van der Waals surface area contributed by atoms with Crippen LogP contribution in [0.3, 0.4) is 0 Å². The molecule has 0 fully saturated rings. The summed E-state index contributed by atoms with van der Waals surface area (Å²) in [7, 11) is 1.49. The normalized spacial score (nSPS) is 9.76. The first-order valence-electron chi connectivity index (χ1n) is 5.70. The van der Waals surface area contributed by atoms with Crippen LogP contribution in [0.15, 0.2) is 24.5 Å². The average Bonchev–Trinajstić information content (AvgIpc) is 2.48. The van der Waals surface area contributed by atoms with Gasteiger partial charge in [0.2, 0.25) is 11.6 Å². The van der Waals surface area contributed by atoms with Gasteiger partial charge in [0.05, 0.1) is 10.5 Å². The smallest absolute Gasteiger partial charge is 0.353 e. The van der Waals surface area contributed by atoms with E-state index in [4.69, 9.17) is 5.26 Å². The molecule has 0 amide bonds. The number of halogens is 1. The number of benzene rings is 1. The zero-order valence-electron chi connectivity index (χ0n) is 10.8. The van der Waals surface area contributed by atoms with Crippen LogP contribution in [0.25, 0.3) is 0 Å². The summed E-state index contributed by atoms with van der Waals surface area (Å²) in [6.45, 7) is 0. The Bertz CT molecular complexity index is 743. The molecule has 1 aromatic heterocycles. The lowest BCUT2D eigenvalue weighted by Gasteiger charge is -2.08. The predicted molar refractivity (Wildman–Crippen MR) is 72.6 cm³/mol. The lowest BCUT2D eigenvalue weighted by Crippen LogP contribution is -2.05. The number of nitro groups is 1. The van der Waals surface area contributed by atoms with Crippen LogP contribution in [0.5, 0.6) is 0 Å². The largest absolute Gasteiger partial charge is 0.367 e. The summed E-state index contributed by atoms with van der Waals surface area (Å²) in [6.07, 6.45) is 1.15. The highest BCUT2D eigenvalue weighted by Gasteiger charge is 2.22. The minimum absolute atomic E-state index is 0.0418. The van der Waals surface area contributed by atoms with Crippen molar-refractivity contribution < 1.29 is 9.31 Å². The first kappa shape index (κ1) is 14.1. The SMILES string of the molecule is CNc1ncnc(Nc2ccc(F)c(C#N)c2)c1[N+](=O)[O-]. The fraction of sp³-hybridized carbons (Fsp3) is 0.0833. The molecule has 2 N–H and O–H groups in total. The third kappa shape index (κ3) is 2.84. The summed E-state index contributed by atoms with van der Waals surface area (Å²) in [5.74, 6) is -0.689. The van der Waals surface area contributed by atoms with Crippen LogP contribution >= 0.6 is 0 Å². The van der Waals surface area contributed by atoms with Gasteiger partial charge in [0.15, 0.2) is 0 Å². The van der Waals surface area contributed by atoms with Crippen LogP contribution in [0.1, 0.15) is 5.56 Å². The number of anilines is 3. The molecule has 0 spiro atoms. The van der Waals surface area contributed by atoms with Crippen LogP contribution in [0, 0.1) is 27.3 Å². The van der Waals surface area contributed by atoms with E-state index in [1.807, 2.05) is 0 Å². The molecule has 0 unspecified atom stereocenters. The van der Waals surface area contributed by atoms with Crippen molar-refractivity contribution in [2.45, 2.75) is 0 Å². The molecule has 1 heterocycles. The van der Waals surface area contributed by atoms with Crippen molar-refractivity contribution in [3.05, 3.63) is 46.0 Å². The van der Waals surface area contributed by atoms with E-state index in [9.17, 15) is 14.5 Å². The Kier molecular flexibility index (Phi) is 3.90. The Hall–Kier alpha value is -3.28. The Balaban J connectivity index is 2.45. The van der Waals surface area contributed by atoms with E-state index in [2.05, 4.69) is 20.6 Å². The maximum absolute atomic E-state index is 13.2. The highest BCUT2D eigenvalue weighted by molar-refractivity contribution is 5.73. The number of nitrogens with one attached hydrogen (secondary N) is 2. The first-order chi connectivity index (χ1) is 10.1. The van der Waals surface area contributed by atoms with Crippen LogP contribution < -0.4 is 10.6 Å². The topological polar surface area (TPSA) is 117 Å². The van der Waals surface area contributed by atoms with Crippen molar-refractivity contribution in [3.63, 3.8) is 0 Å². The molecule has 9 heteroatoms. The Morgan fingerprint density at radius 2 is 2.10 bits per heavy atom. The lowest BCUT2D eigenvalue weighted by molar-refractivity contribution is -0.383. The molecular formula is C12H9FN6O2. The van der Waals surface area contributed by atoms with Gasteiger partial charge in [-0.3, -0.25) is 10.1 Å². The molecule has 2 rings (SSSR count). The molecule has 0 saturated carbocycles. The van der Waals surface area contributed by atoms with E-state index in [-0.39, 0.29) is 22.9 Å². The van der Waals surface area contributed by atoms with Gasteiger partial charge in [0.1, 0.15) is 18.2 Å². The molecule has 0 atom stereocenters. The van der Waals surface area contributed by atoms with Gasteiger partial charge < -0.3 is 10.6 Å². The minimum atomic E-state index is -0.670. The van der Waals surface area contributed by atoms with Gasteiger partial charge in [-0.1, -0.05) is 0 Å². The van der Waals surface area contributed by atoms with E-state index in [1.165, 1.54) is 19.2 Å². The van der Waals surface area contributed by atoms with E-state index in [0.717, 1.165) is 12.4 Å². The van der Waals surface area contributed by atoms with Crippen molar-refractivity contribution >= 4 is 23.0 Å². The monoisotopic (exact) mass is 288 g/mol. The molecule has 0 aliphatic heterocycles. The Labute approximate surface area is 118 Å². The Morgan fingerprint density at radius 3 is 2.71 bits per heavy atom. The molecule has 0 aliphatic carbocycles. The maximum Gasteiger partial charge on any atom is 0.353 e. The molecule has 2 aromatic rings. The fourth-order valence-corrected chi connectivity index (χ4v) is 1.65. The molecule has 0 radical (unpaired) electrons. The zero-order valence-corrected chi connectivity index (χ0v) is 10.8. The minimum Gasteiger partial charge on any atom is -0.367 e. The van der Waals surface area contributed by atoms with Crippen molar-refractivity contribution in [2.75, 3.05) is 17.7 Å². The van der Waals surface area contributed by atoms with E-state index >= 15 is 0 Å². The highest BCUT2D eigenvalue weighted by atomic mass is 19.1. The molecule has 1 aromatic carbocycles. The third-order valence-electron chi connectivity index (χ3n) is 2.59. The van der Waals surface area contributed by atoms with Crippen molar-refractivity contribution in [2.24, 2.45) is 0 Å². The van der Waals surface area contributed by atoms with Gasteiger partial charge in [-0.2, -0.15) is 5.26 Å². The zero-order chi connectivity index (χ0) is 15.4. The summed E-state index contributed by atoms with van der Waals surface area (Å²) in [6, 6.07) is 5.36. The molecule has 0 bridgehead atoms. The summed E-state index contributed by atoms with van der Waals surface area (Å²) in [5, 5.41) is 25.1. The van der Waals surface area contributed by atoms with Gasteiger partial charge in [-0.05, 0) is 18.2 Å². The second-order valence-electron chi connectivity index (χ2n) is 3.86. The summed E-state index contributed by atoms with van der Waals surface area (Å²) in [5.41, 5.74) is -0.217. The highest BCUT2D eigenvalue weighted by Crippen LogP contribution is 2.31. The third-order valence-corrected chi connectivity index (χ3v) is 2.59. The molecular weight excluding hydrogens is 279 g/mol. The Morgan fingerprint density at radius 1 is 1.38 bits per heavy atom. The standard InChI is InChI=1S/C12H9FN6O2/c1-15-11-10(19(20)21)12(17-6-16-11)18-8-2-3-9(13)7(4-8)5-14/h2-4,6H,1H3,(H2,15,16,17,18). The first-order valence-corrected chi connectivity index (χ1v) is 5.70. The molecule has 21 heavy (non-hydrogen) atoms. The van der Waals surface area contributed by atoms with Crippen LogP contribution in [-0.2, 0) is 0 Å². The quantitative estimate of drug-likeness (QED) is 0.654. The number of hydrogen-bond donors (Lipinski definition) is 2. The molecule has 8 nitrogen and oxygen atoms in total. The van der Waals surface area contributed by atoms with Gasteiger partial charge in [0, 0.05) is 12.7 Å². The van der Waals surface area contributed by atoms with Crippen molar-refractivity contribution in [3.8, 4) is 6.07 Å². The van der Waals surface area contributed by atoms with E-state index in [1.54, 1.807) is 6.07 Å². The molecule has 0 saturated heterocycles. The summed E-state index contributed by atoms with van der Waals surface area (Å²) < 4.78 is 13.2. The van der Waals surface area contributed by atoms with E-state index < -0.39 is 10.7 Å². The number of nitrogens with zero attached hydrogens (tertiary/aromatic N) is 4. The van der Waals surface area contributed by atoms with Crippen LogP contribution in [-0.4, -0.2) is 21.9 Å². The van der Waals surface area contributed by atoms with Crippen LogP contribution in [0.4, 0.5) is 27.4 Å². The van der Waals surface area contributed by atoms with Crippen molar-refractivity contribution in [1.82, 2.24) is 9.97 Å². The molecule has 106 valence electrons. The van der Waals surface area contributed by atoms with E-state index in [0.29, 0.717) is 5.69 Å². The van der Waals surface area contributed by atoms with Gasteiger partial charge >= 0.3 is 5.69 Å². The van der Waals surface area contributed by atoms with Crippen molar-refractivity contribution in [1.29, 1.82) is 5.26 Å². The number of hydrogen-bond acceptors (Lipinski definition) is 7. The average molecular weight is 288 g/mol.